The molecule has 1 aromatic carbocycles. The molecule has 21 heavy (non-hydrogen) atoms. The lowest BCUT2D eigenvalue weighted by molar-refractivity contribution is 0.458. The number of benzene rings is 1. The lowest BCUT2D eigenvalue weighted by Gasteiger charge is -2.09. The van der Waals surface area contributed by atoms with Gasteiger partial charge in [0.15, 0.2) is 0 Å². The molecule has 2 aromatic rings. The minimum Gasteiger partial charge on any atom is -0.436 e. The molecule has 0 radical (unpaired) electrons. The molecule has 0 aliphatic rings. The van der Waals surface area contributed by atoms with Crippen molar-refractivity contribution in [3.8, 4) is 11.6 Å². The van der Waals surface area contributed by atoms with Gasteiger partial charge in [-0.3, -0.25) is 4.98 Å². The molecular weight excluding hydrogens is 309 g/mol. The summed E-state index contributed by atoms with van der Waals surface area (Å²) in [4.78, 5) is 8.51. The van der Waals surface area contributed by atoms with Gasteiger partial charge in [-0.1, -0.05) is 43.1 Å². The summed E-state index contributed by atoms with van der Waals surface area (Å²) < 4.78 is 5.58. The Hall–Kier alpha value is -1.36. The van der Waals surface area contributed by atoms with Crippen molar-refractivity contribution >= 4 is 23.2 Å². The zero-order chi connectivity index (χ0) is 15.2. The van der Waals surface area contributed by atoms with Crippen molar-refractivity contribution in [1.29, 1.82) is 0 Å². The van der Waals surface area contributed by atoms with Crippen LogP contribution in [-0.2, 0) is 6.54 Å². The summed E-state index contributed by atoms with van der Waals surface area (Å²) >= 11 is 12.0. The van der Waals surface area contributed by atoms with E-state index in [0.717, 1.165) is 12.2 Å². The first kappa shape index (κ1) is 16.0. The second-order valence-corrected chi connectivity index (χ2v) is 5.81. The SMILES string of the molecule is CC(C)CNCc1cnc(Oc2cccc(Cl)c2Cl)cn1. The van der Waals surface area contributed by atoms with Crippen LogP contribution in [0.15, 0.2) is 30.6 Å². The van der Waals surface area contributed by atoms with Crippen LogP contribution < -0.4 is 10.1 Å². The highest BCUT2D eigenvalue weighted by Gasteiger charge is 2.07. The molecule has 2 rings (SSSR count). The Bertz CT molecular complexity index is 588. The fourth-order valence-electron chi connectivity index (χ4n) is 1.65. The van der Waals surface area contributed by atoms with Crippen molar-refractivity contribution in [3.63, 3.8) is 0 Å². The second kappa shape index (κ2) is 7.59. The molecule has 1 heterocycles. The molecule has 0 aliphatic carbocycles. The summed E-state index contributed by atoms with van der Waals surface area (Å²) in [7, 11) is 0. The summed E-state index contributed by atoms with van der Waals surface area (Å²) in [6, 6.07) is 5.20. The first-order chi connectivity index (χ1) is 10.1. The predicted molar refractivity (Wildman–Crippen MR) is 85.1 cm³/mol. The van der Waals surface area contributed by atoms with Crippen LogP contribution >= 0.6 is 23.2 Å². The molecule has 0 bridgehead atoms. The van der Waals surface area contributed by atoms with Crippen LogP contribution in [-0.4, -0.2) is 16.5 Å². The third-order valence-corrected chi connectivity index (χ3v) is 3.47. The number of ether oxygens (including phenoxy) is 1. The number of aromatic nitrogens is 2. The Morgan fingerprint density at radius 3 is 2.67 bits per heavy atom. The van der Waals surface area contributed by atoms with E-state index in [1.54, 1.807) is 30.6 Å². The van der Waals surface area contributed by atoms with E-state index in [0.29, 0.717) is 34.1 Å². The first-order valence-electron chi connectivity index (χ1n) is 6.69. The molecule has 0 unspecified atom stereocenters. The van der Waals surface area contributed by atoms with Crippen molar-refractivity contribution in [1.82, 2.24) is 15.3 Å². The van der Waals surface area contributed by atoms with E-state index in [2.05, 4.69) is 29.1 Å². The third-order valence-electron chi connectivity index (χ3n) is 2.67. The minimum atomic E-state index is 0.364. The maximum Gasteiger partial charge on any atom is 0.237 e. The van der Waals surface area contributed by atoms with Gasteiger partial charge in [0.2, 0.25) is 5.88 Å². The Kier molecular flexibility index (Phi) is 5.79. The summed E-state index contributed by atoms with van der Waals surface area (Å²) in [6.45, 7) is 5.94. The molecule has 0 saturated carbocycles. The molecule has 112 valence electrons. The highest BCUT2D eigenvalue weighted by Crippen LogP contribution is 2.33. The smallest absolute Gasteiger partial charge is 0.237 e. The van der Waals surface area contributed by atoms with Gasteiger partial charge in [-0.25, -0.2) is 4.98 Å². The maximum atomic E-state index is 6.06. The summed E-state index contributed by atoms with van der Waals surface area (Å²) in [6.07, 6.45) is 3.25. The number of nitrogens with zero attached hydrogens (tertiary/aromatic N) is 2. The van der Waals surface area contributed by atoms with Crippen molar-refractivity contribution in [2.45, 2.75) is 20.4 Å². The van der Waals surface area contributed by atoms with Gasteiger partial charge in [0.05, 0.1) is 23.1 Å². The summed E-state index contributed by atoms with van der Waals surface area (Å²) in [5.74, 6) is 1.45. The molecule has 4 nitrogen and oxygen atoms in total. The molecule has 0 amide bonds. The molecule has 1 aromatic heterocycles. The molecule has 1 N–H and O–H groups in total. The van der Waals surface area contributed by atoms with Gasteiger partial charge in [0.1, 0.15) is 10.8 Å². The average molecular weight is 326 g/mol. The fraction of sp³-hybridized carbons (Fsp3) is 0.333. The van der Waals surface area contributed by atoms with Gasteiger partial charge in [0.25, 0.3) is 0 Å². The van der Waals surface area contributed by atoms with E-state index in [9.17, 15) is 0 Å². The van der Waals surface area contributed by atoms with Crippen LogP contribution in [0.25, 0.3) is 0 Å². The van der Waals surface area contributed by atoms with E-state index in [-0.39, 0.29) is 0 Å². The van der Waals surface area contributed by atoms with E-state index < -0.39 is 0 Å². The number of rotatable bonds is 6. The Balaban J connectivity index is 1.97. The maximum absolute atomic E-state index is 6.06. The van der Waals surface area contributed by atoms with Gasteiger partial charge in [0, 0.05) is 6.54 Å². The Morgan fingerprint density at radius 1 is 1.19 bits per heavy atom. The second-order valence-electron chi connectivity index (χ2n) is 5.02. The normalized spacial score (nSPS) is 10.9. The van der Waals surface area contributed by atoms with Gasteiger partial charge < -0.3 is 10.1 Å². The molecule has 6 heteroatoms. The number of hydrogen-bond donors (Lipinski definition) is 1. The number of hydrogen-bond acceptors (Lipinski definition) is 4. The topological polar surface area (TPSA) is 47.0 Å². The van der Waals surface area contributed by atoms with E-state index in [4.69, 9.17) is 27.9 Å². The van der Waals surface area contributed by atoms with Crippen molar-refractivity contribution < 1.29 is 4.74 Å². The lowest BCUT2D eigenvalue weighted by Crippen LogP contribution is -2.19. The highest BCUT2D eigenvalue weighted by molar-refractivity contribution is 6.42. The zero-order valence-corrected chi connectivity index (χ0v) is 13.4. The molecule has 0 saturated heterocycles. The van der Waals surface area contributed by atoms with Crippen LogP contribution in [0.4, 0.5) is 0 Å². The van der Waals surface area contributed by atoms with Crippen LogP contribution in [0.1, 0.15) is 19.5 Å². The third kappa shape index (κ3) is 4.84. The zero-order valence-electron chi connectivity index (χ0n) is 11.9. The predicted octanol–water partition coefficient (Wildman–Crippen LogP) is 4.32. The molecule has 0 atom stereocenters. The Morgan fingerprint density at radius 2 is 2.00 bits per heavy atom. The van der Waals surface area contributed by atoms with Gasteiger partial charge in [-0.15, -0.1) is 0 Å². The summed E-state index contributed by atoms with van der Waals surface area (Å²) in [5, 5.41) is 4.11. The van der Waals surface area contributed by atoms with E-state index in [1.165, 1.54) is 0 Å². The van der Waals surface area contributed by atoms with Crippen LogP contribution in [0.2, 0.25) is 10.0 Å². The average Bonchev–Trinajstić information content (AvgIpc) is 2.45. The summed E-state index contributed by atoms with van der Waals surface area (Å²) in [5.41, 5.74) is 0.861. The molecule has 0 aliphatic heterocycles. The van der Waals surface area contributed by atoms with Gasteiger partial charge >= 0.3 is 0 Å². The molecular formula is C15H17Cl2N3O. The Labute approximate surface area is 134 Å². The van der Waals surface area contributed by atoms with Crippen molar-refractivity contribution in [2.75, 3.05) is 6.54 Å². The first-order valence-corrected chi connectivity index (χ1v) is 7.45. The van der Waals surface area contributed by atoms with Crippen LogP contribution in [0.5, 0.6) is 11.6 Å². The lowest BCUT2D eigenvalue weighted by atomic mass is 10.2. The molecule has 0 spiro atoms. The molecule has 0 fully saturated rings. The van der Waals surface area contributed by atoms with Crippen molar-refractivity contribution in [3.05, 3.63) is 46.3 Å². The largest absolute Gasteiger partial charge is 0.436 e. The van der Waals surface area contributed by atoms with Gasteiger partial charge in [-0.2, -0.15) is 0 Å². The van der Waals surface area contributed by atoms with E-state index >= 15 is 0 Å². The standard InChI is InChI=1S/C15H17Cl2N3O/c1-10(2)6-18-7-11-8-20-14(9-19-11)21-13-5-3-4-12(16)15(13)17/h3-5,8-10,18H,6-7H2,1-2H3. The van der Waals surface area contributed by atoms with Crippen LogP contribution in [0.3, 0.4) is 0 Å². The van der Waals surface area contributed by atoms with Crippen LogP contribution in [0, 0.1) is 5.92 Å². The highest BCUT2D eigenvalue weighted by atomic mass is 35.5. The van der Waals surface area contributed by atoms with Crippen molar-refractivity contribution in [2.24, 2.45) is 5.92 Å². The fourth-order valence-corrected chi connectivity index (χ4v) is 1.98. The minimum absolute atomic E-state index is 0.364. The van der Waals surface area contributed by atoms with E-state index in [1.807, 2.05) is 0 Å². The number of halogens is 2. The quantitative estimate of drug-likeness (QED) is 0.859. The number of nitrogens with one attached hydrogen (secondary N) is 1. The van der Waals surface area contributed by atoms with Gasteiger partial charge in [-0.05, 0) is 24.6 Å². The monoisotopic (exact) mass is 325 g/mol.